The van der Waals surface area contributed by atoms with E-state index in [-0.39, 0.29) is 22.6 Å². The number of halogens is 3. The summed E-state index contributed by atoms with van der Waals surface area (Å²) in [5.74, 6) is -0.0178. The number of nitrogens with one attached hydrogen (secondary N) is 1. The summed E-state index contributed by atoms with van der Waals surface area (Å²) in [6.45, 7) is 7.24. The Bertz CT molecular complexity index is 938. The minimum absolute atomic E-state index is 0.270. The van der Waals surface area contributed by atoms with Gasteiger partial charge in [0.25, 0.3) is 0 Å². The van der Waals surface area contributed by atoms with Gasteiger partial charge in [-0.15, -0.1) is 13.2 Å². The first-order chi connectivity index (χ1) is 13.4. The molecule has 0 radical (unpaired) electrons. The van der Waals surface area contributed by atoms with Gasteiger partial charge < -0.3 is 18.9 Å². The fourth-order valence-corrected chi connectivity index (χ4v) is 4.28. The normalized spacial score (nSPS) is 16.3. The Kier molecular flexibility index (Phi) is 5.84. The fraction of sp³-hybridized carbons (Fsp3) is 0.579. The van der Waals surface area contributed by atoms with E-state index in [0.717, 1.165) is 24.2 Å². The maximum Gasteiger partial charge on any atom is 0.573 e. The van der Waals surface area contributed by atoms with Gasteiger partial charge in [0.15, 0.2) is 4.80 Å². The highest BCUT2D eigenvalue weighted by Gasteiger charge is 2.31. The fourth-order valence-electron chi connectivity index (χ4n) is 3.33. The van der Waals surface area contributed by atoms with Gasteiger partial charge in [0.1, 0.15) is 11.4 Å². The van der Waals surface area contributed by atoms with Crippen molar-refractivity contribution in [1.29, 1.82) is 5.41 Å². The van der Waals surface area contributed by atoms with E-state index in [4.69, 9.17) is 10.1 Å². The third-order valence-electron chi connectivity index (χ3n) is 4.61. The van der Waals surface area contributed by atoms with Gasteiger partial charge in [-0.1, -0.05) is 11.3 Å². The number of carbonyl (C=O) groups is 1. The number of fused-ring (bicyclic) bond motifs is 1. The highest BCUT2D eigenvalue weighted by atomic mass is 32.1. The van der Waals surface area contributed by atoms with Crippen molar-refractivity contribution in [2.45, 2.75) is 52.1 Å². The molecule has 10 heteroatoms. The number of aromatic nitrogens is 1. The van der Waals surface area contributed by atoms with Crippen LogP contribution in [0.15, 0.2) is 18.2 Å². The van der Waals surface area contributed by atoms with Crippen molar-refractivity contribution in [3.8, 4) is 5.75 Å². The zero-order valence-corrected chi connectivity index (χ0v) is 17.3. The summed E-state index contributed by atoms with van der Waals surface area (Å²) in [4.78, 5) is 14.1. The second-order valence-corrected chi connectivity index (χ2v) is 9.14. The molecule has 0 saturated carbocycles. The number of rotatable bonds is 3. The maximum absolute atomic E-state index is 12.4. The number of likely N-dealkylation sites (tertiary alicyclic amines) is 1. The van der Waals surface area contributed by atoms with Crippen LogP contribution in [0.3, 0.4) is 0 Å². The lowest BCUT2D eigenvalue weighted by molar-refractivity contribution is -0.274. The summed E-state index contributed by atoms with van der Waals surface area (Å²) in [5.41, 5.74) is 0.179. The Labute approximate surface area is 170 Å². The van der Waals surface area contributed by atoms with Crippen LogP contribution in [0.1, 0.15) is 33.6 Å². The maximum atomic E-state index is 12.4. The van der Waals surface area contributed by atoms with E-state index in [9.17, 15) is 18.0 Å². The molecule has 1 aromatic heterocycles. The molecule has 1 N–H and O–H groups in total. The van der Waals surface area contributed by atoms with E-state index < -0.39 is 12.0 Å². The predicted octanol–water partition coefficient (Wildman–Crippen LogP) is 4.73. The monoisotopic (exact) mass is 431 g/mol. The minimum atomic E-state index is -4.74. The van der Waals surface area contributed by atoms with Gasteiger partial charge in [-0.25, -0.2) is 4.79 Å². The molecule has 2 aromatic rings. The van der Waals surface area contributed by atoms with E-state index in [1.54, 1.807) is 11.0 Å². The molecule has 1 saturated heterocycles. The number of thiazole rings is 1. The Morgan fingerprint density at radius 3 is 2.48 bits per heavy atom. The molecular weight excluding hydrogens is 407 g/mol. The molecule has 0 unspecified atom stereocenters. The molecule has 2 heterocycles. The second kappa shape index (κ2) is 7.89. The first-order valence-electron chi connectivity index (χ1n) is 9.33. The third kappa shape index (κ3) is 5.65. The Balaban J connectivity index is 1.66. The summed E-state index contributed by atoms with van der Waals surface area (Å²) in [7, 11) is 0. The van der Waals surface area contributed by atoms with E-state index in [1.165, 1.54) is 12.1 Å². The van der Waals surface area contributed by atoms with Crippen LogP contribution in [0.4, 0.5) is 18.0 Å². The smallest absolute Gasteiger partial charge is 0.444 e. The first kappa shape index (κ1) is 21.5. The van der Waals surface area contributed by atoms with Crippen molar-refractivity contribution in [3.63, 3.8) is 0 Å². The Hall–Kier alpha value is -2.23. The van der Waals surface area contributed by atoms with Gasteiger partial charge in [0, 0.05) is 19.6 Å². The van der Waals surface area contributed by atoms with Crippen LogP contribution in [0.5, 0.6) is 5.75 Å². The van der Waals surface area contributed by atoms with Crippen LogP contribution in [-0.2, 0) is 11.3 Å². The van der Waals surface area contributed by atoms with E-state index in [1.807, 2.05) is 25.3 Å². The van der Waals surface area contributed by atoms with Crippen LogP contribution >= 0.6 is 11.3 Å². The van der Waals surface area contributed by atoms with Crippen molar-refractivity contribution < 1.29 is 27.4 Å². The molecule has 0 atom stereocenters. The van der Waals surface area contributed by atoms with Crippen molar-refractivity contribution in [1.82, 2.24) is 9.47 Å². The van der Waals surface area contributed by atoms with Gasteiger partial charge in [-0.05, 0) is 57.7 Å². The quantitative estimate of drug-likeness (QED) is 0.764. The van der Waals surface area contributed by atoms with Gasteiger partial charge >= 0.3 is 12.5 Å². The zero-order chi connectivity index (χ0) is 21.4. The number of ether oxygens (including phenoxy) is 2. The highest BCUT2D eigenvalue weighted by molar-refractivity contribution is 7.16. The van der Waals surface area contributed by atoms with Crippen LogP contribution in [0.2, 0.25) is 0 Å². The number of hydrogen-bond acceptors (Lipinski definition) is 5. The summed E-state index contributed by atoms with van der Waals surface area (Å²) in [5, 5.41) is 8.21. The van der Waals surface area contributed by atoms with Gasteiger partial charge in [0.2, 0.25) is 0 Å². The molecular formula is C19H24F3N3O3S. The van der Waals surface area contributed by atoms with Crippen LogP contribution < -0.4 is 9.54 Å². The van der Waals surface area contributed by atoms with E-state index >= 15 is 0 Å². The average Bonchev–Trinajstić information content (AvgIpc) is 2.87. The number of benzene rings is 1. The van der Waals surface area contributed by atoms with Crippen LogP contribution in [0.25, 0.3) is 10.2 Å². The predicted molar refractivity (Wildman–Crippen MR) is 103 cm³/mol. The average molecular weight is 431 g/mol. The Morgan fingerprint density at radius 1 is 1.24 bits per heavy atom. The van der Waals surface area contributed by atoms with Crippen molar-refractivity contribution >= 4 is 27.6 Å². The van der Waals surface area contributed by atoms with Crippen molar-refractivity contribution in [2.75, 3.05) is 13.1 Å². The summed E-state index contributed by atoms with van der Waals surface area (Å²) < 4.78 is 49.0. The van der Waals surface area contributed by atoms with Gasteiger partial charge in [0.05, 0.1) is 10.2 Å². The molecule has 1 aliphatic heterocycles. The summed E-state index contributed by atoms with van der Waals surface area (Å²) >= 11 is 1.12. The molecule has 6 nitrogen and oxygen atoms in total. The lowest BCUT2D eigenvalue weighted by atomic mass is 9.97. The SMILES string of the molecule is CC(C)(C)OC(=O)N1CCC(Cn2c(=N)sc3cc(OC(F)(F)F)ccc32)CC1. The molecule has 0 bridgehead atoms. The highest BCUT2D eigenvalue weighted by Crippen LogP contribution is 2.29. The van der Waals surface area contributed by atoms with Gasteiger partial charge in [-0.3, -0.25) is 5.41 Å². The molecule has 0 aliphatic carbocycles. The molecule has 1 amide bonds. The summed E-state index contributed by atoms with van der Waals surface area (Å²) in [6.07, 6.45) is -3.51. The lowest BCUT2D eigenvalue weighted by Crippen LogP contribution is -2.42. The molecule has 1 aliphatic rings. The second-order valence-electron chi connectivity index (χ2n) is 8.11. The topological polar surface area (TPSA) is 67.5 Å². The number of carbonyl (C=O) groups excluding carboxylic acids is 1. The number of piperidine rings is 1. The molecule has 3 rings (SSSR count). The van der Waals surface area contributed by atoms with Gasteiger partial charge in [-0.2, -0.15) is 0 Å². The van der Waals surface area contributed by atoms with Crippen molar-refractivity contribution in [3.05, 3.63) is 23.0 Å². The lowest BCUT2D eigenvalue weighted by Gasteiger charge is -2.33. The van der Waals surface area contributed by atoms with E-state index in [2.05, 4.69) is 4.74 Å². The van der Waals surface area contributed by atoms with Crippen molar-refractivity contribution in [2.24, 2.45) is 5.92 Å². The molecule has 1 aromatic carbocycles. The number of amides is 1. The number of alkyl halides is 3. The molecule has 0 spiro atoms. The zero-order valence-electron chi connectivity index (χ0n) is 16.5. The third-order valence-corrected chi connectivity index (χ3v) is 5.58. The standard InChI is InChI=1S/C19H24F3N3O3S/c1-18(2,3)28-17(26)24-8-6-12(7-9-24)11-25-14-5-4-13(27-19(20,21)22)10-15(14)29-16(25)23/h4-5,10,12,23H,6-9,11H2,1-3H3. The minimum Gasteiger partial charge on any atom is -0.444 e. The number of nitrogens with zero attached hydrogens (tertiary/aromatic N) is 2. The van der Waals surface area contributed by atoms with Crippen LogP contribution in [-0.4, -0.2) is 40.6 Å². The first-order valence-corrected chi connectivity index (χ1v) is 10.1. The summed E-state index contributed by atoms with van der Waals surface area (Å²) in [6, 6.07) is 4.14. The molecule has 160 valence electrons. The van der Waals surface area contributed by atoms with Crippen LogP contribution in [0, 0.1) is 11.3 Å². The number of hydrogen-bond donors (Lipinski definition) is 1. The Morgan fingerprint density at radius 2 is 1.90 bits per heavy atom. The largest absolute Gasteiger partial charge is 0.573 e. The van der Waals surface area contributed by atoms with E-state index in [0.29, 0.717) is 29.9 Å². The molecule has 1 fully saturated rings. The molecule has 29 heavy (non-hydrogen) atoms.